The van der Waals surface area contributed by atoms with E-state index >= 15 is 0 Å². The first kappa shape index (κ1) is 21.6. The van der Waals surface area contributed by atoms with E-state index in [4.69, 9.17) is 9.26 Å². The molecule has 4 rings (SSSR count). The summed E-state index contributed by atoms with van der Waals surface area (Å²) in [5.41, 5.74) is -0.277. The Labute approximate surface area is 177 Å². The van der Waals surface area contributed by atoms with Crippen LogP contribution in [-0.2, 0) is 5.54 Å². The van der Waals surface area contributed by atoms with Gasteiger partial charge in [-0.2, -0.15) is 18.2 Å². The molecule has 10 heteroatoms. The Bertz CT molecular complexity index is 954. The summed E-state index contributed by atoms with van der Waals surface area (Å²) in [6.45, 7) is 2.07. The van der Waals surface area contributed by atoms with Crippen LogP contribution in [0.1, 0.15) is 79.1 Å². The number of nitrogens with one attached hydrogen (secondary N) is 1. The summed E-state index contributed by atoms with van der Waals surface area (Å²) in [4.78, 5) is 21.5. The zero-order chi connectivity index (χ0) is 22.2. The largest absolute Gasteiger partial charge is 0.484 e. The van der Waals surface area contributed by atoms with Gasteiger partial charge < -0.3 is 14.6 Å². The van der Waals surface area contributed by atoms with Crippen LogP contribution >= 0.6 is 0 Å². The molecule has 2 aliphatic carbocycles. The quantitative estimate of drug-likeness (QED) is 0.656. The maximum absolute atomic E-state index is 13.0. The zero-order valence-electron chi connectivity index (χ0n) is 17.5. The van der Waals surface area contributed by atoms with E-state index in [9.17, 15) is 18.0 Å². The van der Waals surface area contributed by atoms with Gasteiger partial charge in [-0.25, -0.2) is 0 Å². The maximum Gasteiger partial charge on any atom is 0.422 e. The first-order valence-electron chi connectivity index (χ1n) is 10.5. The fourth-order valence-electron chi connectivity index (χ4n) is 3.82. The van der Waals surface area contributed by atoms with Gasteiger partial charge >= 0.3 is 6.18 Å². The van der Waals surface area contributed by atoms with Crippen molar-refractivity contribution in [3.63, 3.8) is 0 Å². The molecule has 2 aromatic heterocycles. The summed E-state index contributed by atoms with van der Waals surface area (Å²) in [6.07, 6.45) is 2.49. The Morgan fingerprint density at radius 3 is 2.58 bits per heavy atom. The Hall–Kier alpha value is -2.65. The van der Waals surface area contributed by atoms with Crippen LogP contribution in [0.5, 0.6) is 5.75 Å². The average molecular weight is 438 g/mol. The molecule has 1 N–H and O–H groups in total. The van der Waals surface area contributed by atoms with Crippen LogP contribution in [0.4, 0.5) is 13.2 Å². The first-order valence-corrected chi connectivity index (χ1v) is 10.5. The van der Waals surface area contributed by atoms with Crippen LogP contribution in [0, 0.1) is 12.8 Å². The second-order valence-corrected chi connectivity index (χ2v) is 8.71. The summed E-state index contributed by atoms with van der Waals surface area (Å²) in [7, 11) is 0. The van der Waals surface area contributed by atoms with E-state index in [0.29, 0.717) is 29.6 Å². The van der Waals surface area contributed by atoms with E-state index in [0.717, 1.165) is 32.1 Å². The van der Waals surface area contributed by atoms with Gasteiger partial charge in [0.15, 0.2) is 12.4 Å². The number of rotatable bonds is 8. The molecule has 0 bridgehead atoms. The summed E-state index contributed by atoms with van der Waals surface area (Å²) < 4.78 is 48.3. The minimum absolute atomic E-state index is 0.0116. The van der Waals surface area contributed by atoms with Gasteiger partial charge in [-0.3, -0.25) is 9.78 Å². The highest BCUT2D eigenvalue weighted by molar-refractivity contribution is 5.93. The van der Waals surface area contributed by atoms with Crippen molar-refractivity contribution >= 4 is 5.91 Å². The van der Waals surface area contributed by atoms with E-state index in [-0.39, 0.29) is 17.4 Å². The molecule has 0 aromatic carbocycles. The Morgan fingerprint density at radius 1 is 1.29 bits per heavy atom. The van der Waals surface area contributed by atoms with Crippen molar-refractivity contribution in [1.29, 1.82) is 0 Å². The SMILES string of the molecule is Cc1nc(C(C)(CC2CC2)NC(=O)c2cc(OCC(F)(F)F)c(C3CCC3)cn2)no1. The molecule has 2 saturated carbocycles. The second kappa shape index (κ2) is 8.12. The molecule has 7 nitrogen and oxygen atoms in total. The van der Waals surface area contributed by atoms with Crippen molar-refractivity contribution in [3.05, 3.63) is 35.2 Å². The monoisotopic (exact) mass is 438 g/mol. The molecule has 2 fully saturated rings. The predicted octanol–water partition coefficient (Wildman–Crippen LogP) is 4.43. The summed E-state index contributed by atoms with van der Waals surface area (Å²) in [5, 5.41) is 6.90. The van der Waals surface area contributed by atoms with Gasteiger partial charge in [-0.15, -0.1) is 0 Å². The smallest absolute Gasteiger partial charge is 0.422 e. The van der Waals surface area contributed by atoms with Crippen molar-refractivity contribution in [2.75, 3.05) is 6.61 Å². The normalized spacial score (nSPS) is 18.9. The topological polar surface area (TPSA) is 90.1 Å². The predicted molar refractivity (Wildman–Crippen MR) is 104 cm³/mol. The third kappa shape index (κ3) is 5.16. The molecule has 2 heterocycles. The summed E-state index contributed by atoms with van der Waals surface area (Å²) in [6, 6.07) is 1.30. The molecular formula is C21H25F3N4O3. The molecule has 1 amide bonds. The number of aryl methyl sites for hydroxylation is 1. The number of hydrogen-bond acceptors (Lipinski definition) is 6. The fourth-order valence-corrected chi connectivity index (χ4v) is 3.82. The van der Waals surface area contributed by atoms with Crippen molar-refractivity contribution in [3.8, 4) is 5.75 Å². The number of nitrogens with zero attached hydrogens (tertiary/aromatic N) is 3. The number of alkyl halides is 3. The van der Waals surface area contributed by atoms with Crippen molar-refractivity contribution in [2.45, 2.75) is 70.0 Å². The lowest BCUT2D eigenvalue weighted by Crippen LogP contribution is -2.45. The number of aromatic nitrogens is 3. The number of carbonyl (C=O) groups excluding carboxylic acids is 1. The van der Waals surface area contributed by atoms with E-state index in [2.05, 4.69) is 20.4 Å². The standard InChI is InChI=1S/C21H25F3N4O3/c1-12-26-19(28-31-12)20(2,9-13-6-7-13)27-18(29)16-8-17(30-11-21(22,23)24)15(10-25-16)14-4-3-5-14/h8,10,13-14H,3-7,9,11H2,1-2H3,(H,27,29). The Kier molecular flexibility index (Phi) is 5.65. The van der Waals surface area contributed by atoms with Crippen LogP contribution < -0.4 is 10.1 Å². The lowest BCUT2D eigenvalue weighted by Gasteiger charge is -2.29. The maximum atomic E-state index is 13.0. The summed E-state index contributed by atoms with van der Waals surface area (Å²) >= 11 is 0. The van der Waals surface area contributed by atoms with Gasteiger partial charge in [0.2, 0.25) is 5.89 Å². The van der Waals surface area contributed by atoms with Gasteiger partial charge in [-0.05, 0) is 38.0 Å². The van der Waals surface area contributed by atoms with Gasteiger partial charge in [0.25, 0.3) is 5.91 Å². The highest BCUT2D eigenvalue weighted by atomic mass is 19.4. The molecule has 31 heavy (non-hydrogen) atoms. The van der Waals surface area contributed by atoms with Crippen LogP contribution in [0.2, 0.25) is 0 Å². The third-order valence-corrected chi connectivity index (χ3v) is 5.87. The van der Waals surface area contributed by atoms with Crippen LogP contribution in [0.15, 0.2) is 16.8 Å². The van der Waals surface area contributed by atoms with Crippen molar-refractivity contribution < 1.29 is 27.2 Å². The lowest BCUT2D eigenvalue weighted by atomic mass is 9.80. The number of pyridine rings is 1. The fraction of sp³-hybridized carbons (Fsp3) is 0.619. The van der Waals surface area contributed by atoms with E-state index < -0.39 is 24.2 Å². The number of ether oxygens (including phenoxy) is 1. The van der Waals surface area contributed by atoms with Crippen LogP contribution in [-0.4, -0.2) is 33.8 Å². The number of amides is 1. The summed E-state index contributed by atoms with van der Waals surface area (Å²) in [5.74, 6) is 0.838. The Balaban J connectivity index is 1.57. The molecule has 0 aliphatic heterocycles. The molecule has 1 atom stereocenters. The van der Waals surface area contributed by atoms with Crippen molar-refractivity contribution in [2.24, 2.45) is 5.92 Å². The van der Waals surface area contributed by atoms with Crippen LogP contribution in [0.25, 0.3) is 0 Å². The number of hydrogen-bond donors (Lipinski definition) is 1. The van der Waals surface area contributed by atoms with E-state index in [1.165, 1.54) is 12.3 Å². The minimum atomic E-state index is -4.47. The van der Waals surface area contributed by atoms with Crippen molar-refractivity contribution in [1.82, 2.24) is 20.4 Å². The molecule has 2 aromatic rings. The van der Waals surface area contributed by atoms with E-state index in [1.807, 2.05) is 6.92 Å². The third-order valence-electron chi connectivity index (χ3n) is 5.87. The first-order chi connectivity index (χ1) is 14.6. The highest BCUT2D eigenvalue weighted by Crippen LogP contribution is 2.42. The lowest BCUT2D eigenvalue weighted by molar-refractivity contribution is -0.153. The number of carbonyl (C=O) groups is 1. The molecule has 0 saturated heterocycles. The van der Waals surface area contributed by atoms with Gasteiger partial charge in [-0.1, -0.05) is 24.4 Å². The zero-order valence-corrected chi connectivity index (χ0v) is 17.5. The highest BCUT2D eigenvalue weighted by Gasteiger charge is 2.40. The molecule has 168 valence electrons. The van der Waals surface area contributed by atoms with Gasteiger partial charge in [0.05, 0.1) is 0 Å². The van der Waals surface area contributed by atoms with Gasteiger partial charge in [0, 0.05) is 24.8 Å². The average Bonchev–Trinajstić information content (AvgIpc) is 3.34. The molecule has 1 unspecified atom stereocenters. The molecule has 0 radical (unpaired) electrons. The second-order valence-electron chi connectivity index (χ2n) is 8.71. The van der Waals surface area contributed by atoms with E-state index in [1.54, 1.807) is 6.92 Å². The van der Waals surface area contributed by atoms with Crippen LogP contribution in [0.3, 0.4) is 0 Å². The molecule has 2 aliphatic rings. The number of halogens is 3. The molecular weight excluding hydrogens is 413 g/mol. The minimum Gasteiger partial charge on any atom is -0.484 e. The van der Waals surface area contributed by atoms with Gasteiger partial charge in [0.1, 0.15) is 17.0 Å². The Morgan fingerprint density at radius 2 is 2.03 bits per heavy atom. The molecule has 0 spiro atoms.